The molecule has 0 aromatic carbocycles. The normalized spacial score (nSPS) is 26.0. The number of pyridine rings is 1. The minimum atomic E-state index is -3.34. The van der Waals surface area contributed by atoms with E-state index in [1.807, 2.05) is 0 Å². The summed E-state index contributed by atoms with van der Waals surface area (Å²) in [4.78, 5) is 4.58. The van der Waals surface area contributed by atoms with Crippen LogP contribution in [0.4, 0.5) is 5.82 Å². The Hall–Kier alpha value is -1.14. The highest BCUT2D eigenvalue weighted by Crippen LogP contribution is 2.36. The fourth-order valence-electron chi connectivity index (χ4n) is 3.00. The SMILES string of the molecule is CCCC1CC1Nc1ccc(S(=O)(=O)N2CCCC2)cn1. The first-order valence-electron chi connectivity index (χ1n) is 7.84. The molecule has 3 rings (SSSR count). The van der Waals surface area contributed by atoms with Crippen molar-refractivity contribution in [2.75, 3.05) is 18.4 Å². The van der Waals surface area contributed by atoms with Crippen molar-refractivity contribution < 1.29 is 8.42 Å². The van der Waals surface area contributed by atoms with Crippen LogP contribution < -0.4 is 5.32 Å². The topological polar surface area (TPSA) is 62.3 Å². The van der Waals surface area contributed by atoms with Gasteiger partial charge in [0.2, 0.25) is 10.0 Å². The molecule has 0 amide bonds. The van der Waals surface area contributed by atoms with Crippen molar-refractivity contribution >= 4 is 15.8 Å². The second-order valence-corrected chi connectivity index (χ2v) is 7.96. The zero-order chi connectivity index (χ0) is 14.9. The molecule has 5 nitrogen and oxygen atoms in total. The monoisotopic (exact) mass is 309 g/mol. The summed E-state index contributed by atoms with van der Waals surface area (Å²) >= 11 is 0. The summed E-state index contributed by atoms with van der Waals surface area (Å²) in [7, 11) is -3.34. The van der Waals surface area contributed by atoms with Gasteiger partial charge in [0.15, 0.2) is 0 Å². The molecule has 0 bridgehead atoms. The molecular weight excluding hydrogens is 286 g/mol. The zero-order valence-corrected chi connectivity index (χ0v) is 13.3. The molecule has 1 saturated heterocycles. The molecule has 0 spiro atoms. The minimum Gasteiger partial charge on any atom is -0.367 e. The van der Waals surface area contributed by atoms with Gasteiger partial charge in [-0.2, -0.15) is 4.31 Å². The average molecular weight is 309 g/mol. The van der Waals surface area contributed by atoms with E-state index < -0.39 is 10.0 Å². The third-order valence-electron chi connectivity index (χ3n) is 4.35. The van der Waals surface area contributed by atoms with E-state index >= 15 is 0 Å². The number of aromatic nitrogens is 1. The van der Waals surface area contributed by atoms with Gasteiger partial charge in [-0.3, -0.25) is 0 Å². The van der Waals surface area contributed by atoms with E-state index in [1.54, 1.807) is 16.4 Å². The predicted molar refractivity (Wildman–Crippen MR) is 82.7 cm³/mol. The second-order valence-electron chi connectivity index (χ2n) is 6.03. The van der Waals surface area contributed by atoms with Crippen molar-refractivity contribution in [2.24, 2.45) is 5.92 Å². The van der Waals surface area contributed by atoms with Crippen LogP contribution in [-0.2, 0) is 10.0 Å². The van der Waals surface area contributed by atoms with Crippen molar-refractivity contribution in [1.29, 1.82) is 0 Å². The standard InChI is InChI=1S/C15H23N3O2S/c1-2-5-12-10-14(12)17-15-7-6-13(11-16-15)21(19,20)18-8-3-4-9-18/h6-7,11-12,14H,2-5,8-10H2,1H3,(H,16,17). The Kier molecular flexibility index (Phi) is 4.17. The summed E-state index contributed by atoms with van der Waals surface area (Å²) < 4.78 is 26.3. The van der Waals surface area contributed by atoms with E-state index in [4.69, 9.17) is 0 Å². The molecule has 1 aliphatic carbocycles. The van der Waals surface area contributed by atoms with Gasteiger partial charge in [0.05, 0.1) is 0 Å². The van der Waals surface area contributed by atoms with Crippen molar-refractivity contribution in [3.05, 3.63) is 18.3 Å². The number of sulfonamides is 1. The lowest BCUT2D eigenvalue weighted by Crippen LogP contribution is -2.27. The van der Waals surface area contributed by atoms with Gasteiger partial charge in [0, 0.05) is 25.3 Å². The predicted octanol–water partition coefficient (Wildman–Crippen LogP) is 2.47. The Morgan fingerprint density at radius 3 is 2.71 bits per heavy atom. The van der Waals surface area contributed by atoms with Gasteiger partial charge in [0.1, 0.15) is 10.7 Å². The van der Waals surface area contributed by atoms with Crippen LogP contribution in [0.1, 0.15) is 39.0 Å². The third kappa shape index (κ3) is 3.21. The zero-order valence-electron chi connectivity index (χ0n) is 12.5. The first-order valence-corrected chi connectivity index (χ1v) is 9.28. The van der Waals surface area contributed by atoms with Crippen molar-refractivity contribution in [3.63, 3.8) is 0 Å². The molecule has 2 aliphatic rings. The highest BCUT2D eigenvalue weighted by Gasteiger charge is 2.36. The van der Waals surface area contributed by atoms with Crippen LogP contribution in [0.2, 0.25) is 0 Å². The van der Waals surface area contributed by atoms with Crippen LogP contribution in [-0.4, -0.2) is 36.8 Å². The van der Waals surface area contributed by atoms with E-state index in [0.717, 1.165) is 24.6 Å². The van der Waals surface area contributed by atoms with Crippen molar-refractivity contribution in [3.8, 4) is 0 Å². The molecule has 6 heteroatoms. The molecule has 2 fully saturated rings. The highest BCUT2D eigenvalue weighted by atomic mass is 32.2. The maximum absolute atomic E-state index is 12.4. The second kappa shape index (κ2) is 5.93. The molecular formula is C15H23N3O2S. The maximum atomic E-state index is 12.4. The summed E-state index contributed by atoms with van der Waals surface area (Å²) in [6.07, 6.45) is 7.04. The summed E-state index contributed by atoms with van der Waals surface area (Å²) in [6.45, 7) is 3.46. The fourth-order valence-corrected chi connectivity index (χ4v) is 4.46. The Balaban J connectivity index is 1.64. The molecule has 2 atom stereocenters. The van der Waals surface area contributed by atoms with Crippen molar-refractivity contribution in [1.82, 2.24) is 9.29 Å². The summed E-state index contributed by atoms with van der Waals surface area (Å²) in [5.41, 5.74) is 0. The lowest BCUT2D eigenvalue weighted by Gasteiger charge is -2.15. The maximum Gasteiger partial charge on any atom is 0.244 e. The van der Waals surface area contributed by atoms with Gasteiger partial charge in [0.25, 0.3) is 0 Å². The summed E-state index contributed by atoms with van der Waals surface area (Å²) in [5, 5.41) is 3.38. The Labute approximate surface area is 126 Å². The van der Waals surface area contributed by atoms with E-state index in [2.05, 4.69) is 17.2 Å². The van der Waals surface area contributed by atoms with Crippen LogP contribution in [0.25, 0.3) is 0 Å². The highest BCUT2D eigenvalue weighted by molar-refractivity contribution is 7.89. The molecule has 1 aromatic heterocycles. The van der Waals surface area contributed by atoms with E-state index in [-0.39, 0.29) is 0 Å². The van der Waals surface area contributed by atoms with Crippen LogP contribution in [0.3, 0.4) is 0 Å². The minimum absolute atomic E-state index is 0.302. The fraction of sp³-hybridized carbons (Fsp3) is 0.667. The molecule has 21 heavy (non-hydrogen) atoms. The van der Waals surface area contributed by atoms with Crippen LogP contribution in [0.5, 0.6) is 0 Å². The first-order chi connectivity index (χ1) is 10.1. The summed E-state index contributed by atoms with van der Waals surface area (Å²) in [5.74, 6) is 1.53. The van der Waals surface area contributed by atoms with E-state index in [0.29, 0.717) is 24.0 Å². The number of nitrogens with zero attached hydrogens (tertiary/aromatic N) is 2. The van der Waals surface area contributed by atoms with Crippen molar-refractivity contribution in [2.45, 2.75) is 50.0 Å². The number of anilines is 1. The van der Waals surface area contributed by atoms with Gasteiger partial charge in [-0.1, -0.05) is 13.3 Å². The van der Waals surface area contributed by atoms with Gasteiger partial charge in [-0.15, -0.1) is 0 Å². The van der Waals surface area contributed by atoms with Crippen LogP contribution >= 0.6 is 0 Å². The van der Waals surface area contributed by atoms with Crippen LogP contribution in [0, 0.1) is 5.92 Å². The first kappa shape index (κ1) is 14.8. The average Bonchev–Trinajstić information content (AvgIpc) is 2.98. The molecule has 2 unspecified atom stereocenters. The number of hydrogen-bond donors (Lipinski definition) is 1. The Bertz CT molecular complexity index is 579. The van der Waals surface area contributed by atoms with E-state index in [9.17, 15) is 8.42 Å². The van der Waals surface area contributed by atoms with Gasteiger partial charge in [-0.05, 0) is 43.7 Å². The largest absolute Gasteiger partial charge is 0.367 e. The Morgan fingerprint density at radius 2 is 2.10 bits per heavy atom. The molecule has 0 radical (unpaired) electrons. The number of hydrogen-bond acceptors (Lipinski definition) is 4. The van der Waals surface area contributed by atoms with E-state index in [1.165, 1.54) is 25.5 Å². The summed E-state index contributed by atoms with van der Waals surface area (Å²) in [6, 6.07) is 3.96. The van der Waals surface area contributed by atoms with Crippen LogP contribution in [0.15, 0.2) is 23.2 Å². The molecule has 116 valence electrons. The number of rotatable bonds is 6. The lowest BCUT2D eigenvalue weighted by atomic mass is 10.2. The smallest absolute Gasteiger partial charge is 0.244 e. The molecule has 1 saturated carbocycles. The molecule has 1 aromatic rings. The molecule has 2 heterocycles. The van der Waals surface area contributed by atoms with Gasteiger partial charge < -0.3 is 5.32 Å². The number of nitrogens with one attached hydrogen (secondary N) is 1. The lowest BCUT2D eigenvalue weighted by molar-refractivity contribution is 0.477. The van der Waals surface area contributed by atoms with Gasteiger partial charge in [-0.25, -0.2) is 13.4 Å². The van der Waals surface area contributed by atoms with Gasteiger partial charge >= 0.3 is 0 Å². The Morgan fingerprint density at radius 1 is 1.33 bits per heavy atom. The molecule has 1 N–H and O–H groups in total. The third-order valence-corrected chi connectivity index (χ3v) is 6.24. The quantitative estimate of drug-likeness (QED) is 0.877. The molecule has 1 aliphatic heterocycles.